The molecule has 1 aliphatic rings. The van der Waals surface area contributed by atoms with Gasteiger partial charge in [0.05, 0.1) is 0 Å². The summed E-state index contributed by atoms with van der Waals surface area (Å²) in [5.41, 5.74) is -0.989. The minimum atomic E-state index is -1.86. The van der Waals surface area contributed by atoms with Crippen LogP contribution in [0.25, 0.3) is 11.0 Å². The van der Waals surface area contributed by atoms with Gasteiger partial charge in [-0.25, -0.2) is 17.6 Å². The van der Waals surface area contributed by atoms with Gasteiger partial charge < -0.3 is 4.74 Å². The molecular weight excluding hydrogens is 288 g/mol. The lowest BCUT2D eigenvalue weighted by Gasteiger charge is -2.22. The Kier molecular flexibility index (Phi) is 3.51. The Morgan fingerprint density at radius 2 is 1.57 bits per heavy atom. The van der Waals surface area contributed by atoms with Crippen LogP contribution in [0.4, 0.5) is 17.6 Å². The summed E-state index contributed by atoms with van der Waals surface area (Å²) >= 11 is 0. The number of halogens is 4. The Hall–Kier alpha value is -1.79. The van der Waals surface area contributed by atoms with Crippen LogP contribution in [0.2, 0.25) is 0 Å². The first-order chi connectivity index (χ1) is 10.0. The molecule has 0 N–H and O–H groups in total. The topological polar surface area (TPSA) is 27.1 Å². The predicted octanol–water partition coefficient (Wildman–Crippen LogP) is 3.84. The molecule has 3 rings (SSSR count). The Balaban J connectivity index is 2.07. The number of aryl methyl sites for hydroxylation is 1. The van der Waals surface area contributed by atoms with Gasteiger partial charge in [0.1, 0.15) is 17.1 Å². The van der Waals surface area contributed by atoms with Crippen LogP contribution >= 0.6 is 0 Å². The number of aromatic nitrogens is 2. The van der Waals surface area contributed by atoms with E-state index in [9.17, 15) is 17.6 Å². The molecule has 1 heterocycles. The molecule has 0 bridgehead atoms. The third kappa shape index (κ3) is 2.24. The van der Waals surface area contributed by atoms with Gasteiger partial charge in [-0.3, -0.25) is 4.57 Å². The summed E-state index contributed by atoms with van der Waals surface area (Å²) in [5, 5.41) is 0. The van der Waals surface area contributed by atoms with Gasteiger partial charge >= 0.3 is 0 Å². The summed E-state index contributed by atoms with van der Waals surface area (Å²) in [5.74, 6) is -6.66. The highest BCUT2D eigenvalue weighted by Crippen LogP contribution is 2.30. The second-order valence-electron chi connectivity index (χ2n) is 5.28. The molecular formula is C14H14F4N2O. The molecule has 0 unspecified atom stereocenters. The van der Waals surface area contributed by atoms with Crippen molar-refractivity contribution in [3.8, 4) is 6.01 Å². The molecule has 21 heavy (non-hydrogen) atoms. The molecule has 0 radical (unpaired) electrons. The van der Waals surface area contributed by atoms with Gasteiger partial charge in [0, 0.05) is 7.05 Å². The second-order valence-corrected chi connectivity index (χ2v) is 5.28. The van der Waals surface area contributed by atoms with E-state index < -0.39 is 34.3 Å². The zero-order valence-corrected chi connectivity index (χ0v) is 11.4. The van der Waals surface area contributed by atoms with Gasteiger partial charge in [0.2, 0.25) is 0 Å². The van der Waals surface area contributed by atoms with Crippen molar-refractivity contribution in [1.82, 2.24) is 9.55 Å². The Morgan fingerprint density at radius 3 is 2.24 bits per heavy atom. The van der Waals surface area contributed by atoms with Crippen LogP contribution in [-0.2, 0) is 7.05 Å². The van der Waals surface area contributed by atoms with Crippen molar-refractivity contribution in [1.29, 1.82) is 0 Å². The van der Waals surface area contributed by atoms with Crippen LogP contribution in [-0.4, -0.2) is 15.7 Å². The van der Waals surface area contributed by atoms with E-state index in [-0.39, 0.29) is 12.1 Å². The van der Waals surface area contributed by atoms with E-state index in [4.69, 9.17) is 4.74 Å². The molecule has 1 aromatic heterocycles. The summed E-state index contributed by atoms with van der Waals surface area (Å²) in [6.07, 6.45) is 4.73. The molecule has 0 spiro atoms. The minimum Gasteiger partial charge on any atom is -0.461 e. The summed E-state index contributed by atoms with van der Waals surface area (Å²) in [6.45, 7) is 0. The van der Waals surface area contributed by atoms with Crippen LogP contribution < -0.4 is 4.74 Å². The molecule has 1 fully saturated rings. The van der Waals surface area contributed by atoms with Crippen LogP contribution in [0.5, 0.6) is 6.01 Å². The maximum atomic E-state index is 13.8. The fraction of sp³-hybridized carbons (Fsp3) is 0.500. The molecule has 0 amide bonds. The lowest BCUT2D eigenvalue weighted by molar-refractivity contribution is 0.138. The first-order valence-electron chi connectivity index (χ1n) is 6.85. The number of benzene rings is 1. The van der Waals surface area contributed by atoms with Gasteiger partial charge in [-0.2, -0.15) is 4.98 Å². The monoisotopic (exact) mass is 302 g/mol. The van der Waals surface area contributed by atoms with Gasteiger partial charge in [-0.05, 0) is 25.7 Å². The smallest absolute Gasteiger partial charge is 0.297 e. The van der Waals surface area contributed by atoms with E-state index in [1.165, 1.54) is 7.05 Å². The molecule has 1 aromatic carbocycles. The Labute approximate surface area is 118 Å². The van der Waals surface area contributed by atoms with E-state index >= 15 is 0 Å². The van der Waals surface area contributed by atoms with Crippen molar-refractivity contribution >= 4 is 11.0 Å². The normalized spacial score (nSPS) is 16.6. The lowest BCUT2D eigenvalue weighted by Crippen LogP contribution is -2.21. The number of hydrogen-bond donors (Lipinski definition) is 0. The molecule has 1 aliphatic carbocycles. The Bertz CT molecular complexity index is 692. The molecule has 0 saturated heterocycles. The number of ether oxygens (including phenoxy) is 1. The number of nitrogens with zero attached hydrogens (tertiary/aromatic N) is 2. The highest BCUT2D eigenvalue weighted by Gasteiger charge is 2.27. The third-order valence-corrected chi connectivity index (χ3v) is 3.87. The van der Waals surface area contributed by atoms with E-state index in [1.54, 1.807) is 0 Å². The van der Waals surface area contributed by atoms with E-state index in [1.807, 2.05) is 0 Å². The quantitative estimate of drug-likeness (QED) is 0.479. The predicted molar refractivity (Wildman–Crippen MR) is 68.0 cm³/mol. The lowest BCUT2D eigenvalue weighted by atomic mass is 9.98. The third-order valence-electron chi connectivity index (χ3n) is 3.87. The molecule has 1 saturated carbocycles. The van der Waals surface area contributed by atoms with Crippen LogP contribution in [0, 0.1) is 23.3 Å². The second kappa shape index (κ2) is 5.20. The maximum absolute atomic E-state index is 13.8. The van der Waals surface area contributed by atoms with E-state index in [0.717, 1.165) is 36.7 Å². The summed E-state index contributed by atoms with van der Waals surface area (Å²) in [6, 6.07) is -0.0281. The number of imidazole rings is 1. The van der Waals surface area contributed by atoms with Crippen LogP contribution in [0.15, 0.2) is 0 Å². The largest absolute Gasteiger partial charge is 0.461 e. The van der Waals surface area contributed by atoms with E-state index in [0.29, 0.717) is 0 Å². The van der Waals surface area contributed by atoms with Gasteiger partial charge in [-0.15, -0.1) is 0 Å². The molecule has 0 aliphatic heterocycles. The van der Waals surface area contributed by atoms with Gasteiger partial charge in [0.15, 0.2) is 23.3 Å². The summed E-state index contributed by atoms with van der Waals surface area (Å²) in [7, 11) is 1.38. The maximum Gasteiger partial charge on any atom is 0.297 e. The van der Waals surface area contributed by atoms with Gasteiger partial charge in [-0.1, -0.05) is 6.42 Å². The molecule has 7 heteroatoms. The average Bonchev–Trinajstić information content (AvgIpc) is 2.81. The van der Waals surface area contributed by atoms with Gasteiger partial charge in [0.25, 0.3) is 6.01 Å². The first kappa shape index (κ1) is 14.2. The molecule has 2 aromatic rings. The first-order valence-corrected chi connectivity index (χ1v) is 6.85. The molecule has 0 atom stereocenters. The highest BCUT2D eigenvalue weighted by atomic mass is 19.2. The molecule has 3 nitrogen and oxygen atoms in total. The van der Waals surface area contributed by atoms with Crippen molar-refractivity contribution in [2.45, 2.75) is 38.2 Å². The zero-order chi connectivity index (χ0) is 15.1. The average molecular weight is 302 g/mol. The zero-order valence-electron chi connectivity index (χ0n) is 11.4. The number of fused-ring (bicyclic) bond motifs is 1. The Morgan fingerprint density at radius 1 is 0.952 bits per heavy atom. The van der Waals surface area contributed by atoms with Crippen molar-refractivity contribution in [3.63, 3.8) is 0 Å². The highest BCUT2D eigenvalue weighted by molar-refractivity contribution is 5.78. The van der Waals surface area contributed by atoms with Crippen LogP contribution in [0.1, 0.15) is 32.1 Å². The number of hydrogen-bond acceptors (Lipinski definition) is 2. The standard InChI is InChI=1S/C14H14F4N2O/c1-20-13-11(18)9(16)8(15)10(17)12(13)19-14(20)21-7-5-3-2-4-6-7/h7H,2-6H2,1H3. The van der Waals surface area contributed by atoms with E-state index in [2.05, 4.69) is 4.98 Å². The fourth-order valence-electron chi connectivity index (χ4n) is 2.72. The van der Waals surface area contributed by atoms with Crippen LogP contribution in [0.3, 0.4) is 0 Å². The SMILES string of the molecule is Cn1c(OC2CCCCC2)nc2c(F)c(F)c(F)c(F)c21. The molecule has 114 valence electrons. The van der Waals surface area contributed by atoms with Crippen molar-refractivity contribution in [2.24, 2.45) is 7.05 Å². The summed E-state index contributed by atoms with van der Waals surface area (Å²) < 4.78 is 60.8. The number of rotatable bonds is 2. The summed E-state index contributed by atoms with van der Waals surface area (Å²) in [4.78, 5) is 3.79. The van der Waals surface area contributed by atoms with Crippen molar-refractivity contribution in [2.75, 3.05) is 0 Å². The minimum absolute atomic E-state index is 0.0281. The fourth-order valence-corrected chi connectivity index (χ4v) is 2.72. The van der Waals surface area contributed by atoms with Crippen molar-refractivity contribution in [3.05, 3.63) is 23.3 Å². The van der Waals surface area contributed by atoms with Crippen molar-refractivity contribution < 1.29 is 22.3 Å².